The van der Waals surface area contributed by atoms with Gasteiger partial charge in [-0.05, 0) is 92.5 Å². The third-order valence-electron chi connectivity index (χ3n) is 11.9. The van der Waals surface area contributed by atoms with Crippen LogP contribution in [-0.2, 0) is 10.8 Å². The second-order valence-corrected chi connectivity index (χ2v) is 17.4. The van der Waals surface area contributed by atoms with Crippen LogP contribution in [0, 0.1) is 0 Å². The Bertz CT molecular complexity index is 2890. The van der Waals surface area contributed by atoms with Crippen molar-refractivity contribution >= 4 is 68.1 Å². The van der Waals surface area contributed by atoms with Crippen LogP contribution in [0.5, 0.6) is 11.5 Å². The molecule has 0 saturated heterocycles. The van der Waals surface area contributed by atoms with Gasteiger partial charge in [0.1, 0.15) is 16.9 Å². The van der Waals surface area contributed by atoms with Crippen LogP contribution in [0.15, 0.2) is 144 Å². The van der Waals surface area contributed by atoms with E-state index in [4.69, 9.17) is 9.15 Å². The largest absolute Gasteiger partial charge is 0.456 e. The minimum absolute atomic E-state index is 0.0303. The van der Waals surface area contributed by atoms with Gasteiger partial charge in [-0.25, -0.2) is 0 Å². The molecule has 0 atom stereocenters. The first kappa shape index (κ1) is 32.3. The number of fused-ring (bicyclic) bond motifs is 10. The lowest BCUT2D eigenvalue weighted by atomic mass is 9.43. The van der Waals surface area contributed by atoms with E-state index in [2.05, 4.69) is 191 Å². The number of rotatable bonds is 2. The van der Waals surface area contributed by atoms with Gasteiger partial charge in [0.2, 0.25) is 0 Å². The molecule has 0 amide bonds. The third-order valence-corrected chi connectivity index (χ3v) is 11.9. The molecule has 0 saturated carbocycles. The maximum Gasteiger partial charge on any atom is 0.333 e. The molecular formula is C50H41BN2O2. The first-order valence-electron chi connectivity index (χ1n) is 19.4. The second-order valence-electron chi connectivity index (χ2n) is 17.4. The average molecular weight is 713 g/mol. The molecule has 0 bridgehead atoms. The Morgan fingerprint density at radius 1 is 0.509 bits per heavy atom. The zero-order chi connectivity index (χ0) is 37.4. The highest BCUT2D eigenvalue weighted by atomic mass is 16.5. The number of benzene rings is 7. The van der Waals surface area contributed by atoms with Crippen LogP contribution in [0.3, 0.4) is 0 Å². The summed E-state index contributed by atoms with van der Waals surface area (Å²) in [5.41, 5.74) is 17.3. The van der Waals surface area contributed by atoms with Crippen molar-refractivity contribution in [2.45, 2.75) is 52.4 Å². The number of nitrogens with zero attached hydrogens (tertiary/aromatic N) is 2. The topological polar surface area (TPSA) is 28.9 Å². The van der Waals surface area contributed by atoms with E-state index in [1.807, 2.05) is 0 Å². The number of anilines is 5. The molecule has 55 heavy (non-hydrogen) atoms. The zero-order valence-electron chi connectivity index (χ0n) is 32.1. The summed E-state index contributed by atoms with van der Waals surface area (Å²) in [7, 11) is 0. The summed E-state index contributed by atoms with van der Waals surface area (Å²) in [6.45, 7) is 13.7. The van der Waals surface area contributed by atoms with Crippen LogP contribution in [0.25, 0.3) is 44.2 Å². The molecule has 1 aromatic heterocycles. The standard InChI is InChI=1S/C50H41BN2O2/c1-49(2,3)31-23-25-38(35(27-31)30-15-8-7-9-16-30)52-40-29-32(50(4,5)6)28-36-33-18-14-22-44-47(33)53(39-19-11-13-21-42(39)55-44)51(46(36)40)37-24-26-43-45(48(37)52)34-17-10-12-20-41(34)54-43/h7-29H,1-6H3. The van der Waals surface area contributed by atoms with Gasteiger partial charge in [0.15, 0.2) is 5.75 Å². The van der Waals surface area contributed by atoms with Gasteiger partial charge in [0.05, 0.1) is 28.1 Å². The van der Waals surface area contributed by atoms with E-state index in [1.165, 1.54) is 50.0 Å². The van der Waals surface area contributed by atoms with E-state index >= 15 is 0 Å². The van der Waals surface area contributed by atoms with Gasteiger partial charge in [-0.3, -0.25) is 0 Å². The molecule has 4 nitrogen and oxygen atoms in total. The molecular weight excluding hydrogens is 671 g/mol. The van der Waals surface area contributed by atoms with Crippen LogP contribution in [-0.4, -0.2) is 6.85 Å². The quantitative estimate of drug-likeness (QED) is 0.167. The number of furan rings is 1. The molecule has 3 aliphatic heterocycles. The van der Waals surface area contributed by atoms with Crippen LogP contribution < -0.4 is 25.4 Å². The summed E-state index contributed by atoms with van der Waals surface area (Å²) in [5.74, 6) is 1.75. The van der Waals surface area contributed by atoms with Crippen molar-refractivity contribution in [2.24, 2.45) is 0 Å². The van der Waals surface area contributed by atoms with Crippen molar-refractivity contribution in [3.63, 3.8) is 0 Å². The highest BCUT2D eigenvalue weighted by Gasteiger charge is 2.49. The van der Waals surface area contributed by atoms with Crippen LogP contribution in [0.4, 0.5) is 28.4 Å². The molecule has 0 N–H and O–H groups in total. The molecule has 266 valence electrons. The molecule has 11 rings (SSSR count). The predicted molar refractivity (Wildman–Crippen MR) is 230 cm³/mol. The van der Waals surface area contributed by atoms with Crippen molar-refractivity contribution in [3.05, 3.63) is 151 Å². The Kier molecular flexibility index (Phi) is 6.55. The summed E-state index contributed by atoms with van der Waals surface area (Å²) >= 11 is 0. The van der Waals surface area contributed by atoms with Crippen molar-refractivity contribution in [1.29, 1.82) is 0 Å². The fourth-order valence-corrected chi connectivity index (χ4v) is 9.20. The van der Waals surface area contributed by atoms with E-state index < -0.39 is 0 Å². The number of ether oxygens (including phenoxy) is 1. The first-order chi connectivity index (χ1) is 26.6. The van der Waals surface area contributed by atoms with Crippen molar-refractivity contribution < 1.29 is 9.15 Å². The molecule has 7 aromatic carbocycles. The van der Waals surface area contributed by atoms with E-state index in [1.54, 1.807) is 0 Å². The van der Waals surface area contributed by atoms with Gasteiger partial charge >= 0.3 is 6.85 Å². The Hall–Kier alpha value is -6.20. The maximum atomic E-state index is 6.71. The average Bonchev–Trinajstić information content (AvgIpc) is 3.57. The van der Waals surface area contributed by atoms with E-state index in [-0.39, 0.29) is 17.7 Å². The van der Waals surface area contributed by atoms with E-state index in [0.717, 1.165) is 56.2 Å². The highest BCUT2D eigenvalue weighted by Crippen LogP contribution is 2.57. The van der Waals surface area contributed by atoms with Gasteiger partial charge in [-0.2, -0.15) is 0 Å². The molecule has 5 heteroatoms. The Labute approximate surface area is 322 Å². The summed E-state index contributed by atoms with van der Waals surface area (Å²) < 4.78 is 13.4. The van der Waals surface area contributed by atoms with Crippen molar-refractivity contribution in [2.75, 3.05) is 9.71 Å². The lowest BCUT2D eigenvalue weighted by molar-refractivity contribution is 0.478. The van der Waals surface area contributed by atoms with Crippen LogP contribution in [0.1, 0.15) is 52.7 Å². The SMILES string of the molecule is CC(C)(C)c1ccc(N2c3cc(C(C)(C)C)cc4c3B(c3ccc5oc6ccccc6c5c32)N2c3ccccc3Oc3cccc-4c32)c(-c2ccccc2)c1. The highest BCUT2D eigenvalue weighted by molar-refractivity contribution is 6.94. The number of hydrogen-bond acceptors (Lipinski definition) is 4. The fourth-order valence-electron chi connectivity index (χ4n) is 9.20. The van der Waals surface area contributed by atoms with Gasteiger partial charge < -0.3 is 18.9 Å². The Balaban J connectivity index is 1.34. The van der Waals surface area contributed by atoms with Gasteiger partial charge in [0, 0.05) is 22.2 Å². The molecule has 4 heterocycles. The van der Waals surface area contributed by atoms with E-state index in [0.29, 0.717) is 0 Å². The maximum absolute atomic E-state index is 6.71. The Morgan fingerprint density at radius 3 is 2.05 bits per heavy atom. The molecule has 0 radical (unpaired) electrons. The molecule has 8 aromatic rings. The summed E-state index contributed by atoms with van der Waals surface area (Å²) in [6.07, 6.45) is 0. The van der Waals surface area contributed by atoms with Gasteiger partial charge in [-0.15, -0.1) is 0 Å². The van der Waals surface area contributed by atoms with Gasteiger partial charge in [-0.1, -0.05) is 133 Å². The van der Waals surface area contributed by atoms with Crippen molar-refractivity contribution in [1.82, 2.24) is 0 Å². The van der Waals surface area contributed by atoms with Crippen LogP contribution in [0.2, 0.25) is 0 Å². The minimum atomic E-state index is -0.129. The van der Waals surface area contributed by atoms with Crippen molar-refractivity contribution in [3.8, 4) is 33.8 Å². The van der Waals surface area contributed by atoms with Crippen LogP contribution >= 0.6 is 0 Å². The summed E-state index contributed by atoms with van der Waals surface area (Å²) in [6, 6.07) is 51.0. The molecule has 0 unspecified atom stereocenters. The monoisotopic (exact) mass is 712 g/mol. The van der Waals surface area contributed by atoms with Gasteiger partial charge in [0.25, 0.3) is 0 Å². The normalized spacial score (nSPS) is 14.0. The summed E-state index contributed by atoms with van der Waals surface area (Å²) in [4.78, 5) is 5.14. The zero-order valence-corrected chi connectivity index (χ0v) is 32.1. The first-order valence-corrected chi connectivity index (χ1v) is 19.4. The third kappa shape index (κ3) is 4.59. The molecule has 3 aliphatic rings. The molecule has 0 spiro atoms. The predicted octanol–water partition coefficient (Wildman–Crippen LogP) is 12.7. The molecule has 0 aliphatic carbocycles. The summed E-state index contributed by atoms with van der Waals surface area (Å²) in [5, 5.41) is 2.24. The Morgan fingerprint density at radius 2 is 1.24 bits per heavy atom. The lowest BCUT2D eigenvalue weighted by Crippen LogP contribution is -2.62. The fraction of sp³-hybridized carbons (Fsp3) is 0.160. The number of hydrogen-bond donors (Lipinski definition) is 0. The van der Waals surface area contributed by atoms with E-state index in [9.17, 15) is 0 Å². The number of para-hydroxylation sites is 4. The smallest absolute Gasteiger partial charge is 0.333 e. The second kappa shape index (κ2) is 11.2. The molecule has 0 fully saturated rings. The lowest BCUT2D eigenvalue weighted by Gasteiger charge is -2.48. The minimum Gasteiger partial charge on any atom is -0.456 e.